The van der Waals surface area contributed by atoms with Gasteiger partial charge in [-0.1, -0.05) is 50.1 Å². The largest absolute Gasteiger partial charge is 0.468 e. The average molecular weight is 288 g/mol. The predicted molar refractivity (Wildman–Crippen MR) is 85.1 cm³/mol. The second kappa shape index (κ2) is 7.34. The number of hydrogen-bond donors (Lipinski definition) is 0. The molecule has 0 aliphatic carbocycles. The Morgan fingerprint density at radius 2 is 1.95 bits per heavy atom. The van der Waals surface area contributed by atoms with Crippen molar-refractivity contribution in [1.82, 2.24) is 0 Å². The number of rotatable bonds is 6. The van der Waals surface area contributed by atoms with Gasteiger partial charge in [0.25, 0.3) is 0 Å². The van der Waals surface area contributed by atoms with E-state index in [1.165, 1.54) is 17.9 Å². The van der Waals surface area contributed by atoms with Crippen LogP contribution in [0.1, 0.15) is 26.2 Å². The van der Waals surface area contributed by atoms with Gasteiger partial charge >= 0.3 is 5.97 Å². The van der Waals surface area contributed by atoms with E-state index in [0.717, 1.165) is 24.2 Å². The maximum Gasteiger partial charge on any atom is 0.319 e. The lowest BCUT2D eigenvalue weighted by Gasteiger charge is -2.14. The summed E-state index contributed by atoms with van der Waals surface area (Å²) in [4.78, 5) is 13.0. The van der Waals surface area contributed by atoms with Crippen molar-refractivity contribution in [2.24, 2.45) is 0 Å². The summed E-state index contributed by atoms with van der Waals surface area (Å²) in [7, 11) is 1.46. The maximum atomic E-state index is 11.8. The average Bonchev–Trinajstić information content (AvgIpc) is 2.50. The minimum atomic E-state index is -0.128. The fourth-order valence-corrected chi connectivity index (χ4v) is 3.30. The lowest BCUT2D eigenvalue weighted by Crippen LogP contribution is -2.18. The van der Waals surface area contributed by atoms with Crippen LogP contribution in [0.25, 0.3) is 10.8 Å². The number of carbonyl (C=O) groups is 1. The summed E-state index contributed by atoms with van der Waals surface area (Å²) in [5, 5.41) is 2.32. The molecule has 2 nitrogen and oxygen atoms in total. The number of unbranched alkanes of at least 4 members (excludes halogenated alkanes) is 1. The zero-order chi connectivity index (χ0) is 14.4. The van der Waals surface area contributed by atoms with Crippen molar-refractivity contribution >= 4 is 28.5 Å². The molecule has 2 aromatic carbocycles. The Kier molecular flexibility index (Phi) is 5.48. The molecule has 0 saturated heterocycles. The van der Waals surface area contributed by atoms with Crippen LogP contribution >= 0.6 is 11.8 Å². The molecule has 3 heteroatoms. The Morgan fingerprint density at radius 3 is 2.65 bits per heavy atom. The molecule has 0 bridgehead atoms. The molecule has 20 heavy (non-hydrogen) atoms. The quantitative estimate of drug-likeness (QED) is 0.571. The number of hydrogen-bond acceptors (Lipinski definition) is 3. The maximum absolute atomic E-state index is 11.8. The molecule has 0 aliphatic rings. The van der Waals surface area contributed by atoms with Crippen molar-refractivity contribution in [2.75, 3.05) is 7.11 Å². The van der Waals surface area contributed by atoms with Crippen molar-refractivity contribution in [2.45, 2.75) is 36.3 Å². The van der Waals surface area contributed by atoms with Crippen molar-refractivity contribution in [1.29, 1.82) is 0 Å². The normalized spacial score (nSPS) is 12.3. The molecule has 1 atom stereocenters. The van der Waals surface area contributed by atoms with E-state index >= 15 is 0 Å². The fraction of sp³-hybridized carbons (Fsp3) is 0.353. The molecular formula is C17H20O2S. The standard InChI is InChI=1S/C17H20O2S/c1-3-4-9-16(17(18)19-2)20-15-11-10-13-7-5-6-8-14(13)12-15/h5-8,10-12,16H,3-4,9H2,1-2H3. The monoisotopic (exact) mass is 288 g/mol. The fourth-order valence-electron chi connectivity index (χ4n) is 2.15. The number of carbonyl (C=O) groups excluding carboxylic acids is 1. The predicted octanol–water partition coefficient (Wildman–Crippen LogP) is 4.66. The molecule has 0 aromatic heterocycles. The Labute approximate surface area is 124 Å². The highest BCUT2D eigenvalue weighted by atomic mass is 32.2. The van der Waals surface area contributed by atoms with E-state index in [1.54, 1.807) is 11.8 Å². The molecule has 106 valence electrons. The molecule has 1 unspecified atom stereocenters. The van der Waals surface area contributed by atoms with Crippen LogP contribution in [0.4, 0.5) is 0 Å². The van der Waals surface area contributed by atoms with Gasteiger partial charge in [0.2, 0.25) is 0 Å². The first kappa shape index (κ1) is 14.9. The molecule has 0 N–H and O–H groups in total. The van der Waals surface area contributed by atoms with Crippen molar-refractivity contribution in [3.05, 3.63) is 42.5 Å². The summed E-state index contributed by atoms with van der Waals surface area (Å²) in [6, 6.07) is 14.6. The van der Waals surface area contributed by atoms with E-state index in [0.29, 0.717) is 0 Å². The van der Waals surface area contributed by atoms with Gasteiger partial charge in [0.05, 0.1) is 7.11 Å². The van der Waals surface area contributed by atoms with Crippen LogP contribution in [-0.4, -0.2) is 18.3 Å². The molecule has 0 aliphatic heterocycles. The highest BCUT2D eigenvalue weighted by molar-refractivity contribution is 8.00. The highest BCUT2D eigenvalue weighted by Gasteiger charge is 2.19. The van der Waals surface area contributed by atoms with Crippen LogP contribution in [0.5, 0.6) is 0 Å². The number of fused-ring (bicyclic) bond motifs is 1. The first-order valence-electron chi connectivity index (χ1n) is 6.98. The number of ether oxygens (including phenoxy) is 1. The summed E-state index contributed by atoms with van der Waals surface area (Å²) in [6.07, 6.45) is 2.99. The molecule has 2 aromatic rings. The van der Waals surface area contributed by atoms with Gasteiger partial charge in [0.15, 0.2) is 0 Å². The molecule has 2 rings (SSSR count). The number of esters is 1. The molecular weight excluding hydrogens is 268 g/mol. The molecule has 0 fully saturated rings. The van der Waals surface area contributed by atoms with Gasteiger partial charge in [0.1, 0.15) is 5.25 Å². The summed E-state index contributed by atoms with van der Waals surface area (Å²) < 4.78 is 4.91. The first-order valence-corrected chi connectivity index (χ1v) is 7.86. The summed E-state index contributed by atoms with van der Waals surface area (Å²) in [6.45, 7) is 2.13. The molecule has 0 radical (unpaired) electrons. The number of benzene rings is 2. The van der Waals surface area contributed by atoms with E-state index in [-0.39, 0.29) is 11.2 Å². The van der Waals surface area contributed by atoms with Gasteiger partial charge in [-0.25, -0.2) is 0 Å². The van der Waals surface area contributed by atoms with Crippen LogP contribution in [-0.2, 0) is 9.53 Å². The van der Waals surface area contributed by atoms with Gasteiger partial charge < -0.3 is 4.74 Å². The second-order valence-corrected chi connectivity index (χ2v) is 6.06. The zero-order valence-corrected chi connectivity index (χ0v) is 12.8. The lowest BCUT2D eigenvalue weighted by atomic mass is 10.1. The first-order chi connectivity index (χ1) is 9.74. The van der Waals surface area contributed by atoms with Crippen LogP contribution in [0.3, 0.4) is 0 Å². The summed E-state index contributed by atoms with van der Waals surface area (Å²) in [5.41, 5.74) is 0. The topological polar surface area (TPSA) is 26.3 Å². The van der Waals surface area contributed by atoms with Gasteiger partial charge in [-0.3, -0.25) is 4.79 Å². The number of methoxy groups -OCH3 is 1. The van der Waals surface area contributed by atoms with Crippen molar-refractivity contribution in [3.63, 3.8) is 0 Å². The Balaban J connectivity index is 2.16. The van der Waals surface area contributed by atoms with Crippen LogP contribution < -0.4 is 0 Å². The molecule has 0 amide bonds. The lowest BCUT2D eigenvalue weighted by molar-refractivity contribution is -0.140. The SMILES string of the molecule is CCCCC(Sc1ccc2ccccc2c1)C(=O)OC. The Morgan fingerprint density at radius 1 is 1.20 bits per heavy atom. The molecule has 0 spiro atoms. The third-order valence-electron chi connectivity index (χ3n) is 3.28. The third kappa shape index (κ3) is 3.76. The highest BCUT2D eigenvalue weighted by Crippen LogP contribution is 2.30. The summed E-state index contributed by atoms with van der Waals surface area (Å²) in [5.74, 6) is -0.128. The Bertz CT molecular complexity index is 580. The van der Waals surface area contributed by atoms with Crippen LogP contribution in [0, 0.1) is 0 Å². The van der Waals surface area contributed by atoms with Crippen LogP contribution in [0.15, 0.2) is 47.4 Å². The summed E-state index contributed by atoms with van der Waals surface area (Å²) >= 11 is 1.60. The van der Waals surface area contributed by atoms with Crippen molar-refractivity contribution < 1.29 is 9.53 Å². The Hall–Kier alpha value is -1.48. The van der Waals surface area contributed by atoms with E-state index in [2.05, 4.69) is 37.3 Å². The van der Waals surface area contributed by atoms with E-state index in [4.69, 9.17) is 4.74 Å². The van der Waals surface area contributed by atoms with E-state index < -0.39 is 0 Å². The van der Waals surface area contributed by atoms with Gasteiger partial charge in [-0.15, -0.1) is 11.8 Å². The van der Waals surface area contributed by atoms with Crippen LogP contribution in [0.2, 0.25) is 0 Å². The van der Waals surface area contributed by atoms with Gasteiger partial charge in [0, 0.05) is 4.90 Å². The van der Waals surface area contributed by atoms with Gasteiger partial charge in [-0.2, -0.15) is 0 Å². The third-order valence-corrected chi connectivity index (χ3v) is 4.52. The smallest absolute Gasteiger partial charge is 0.319 e. The minimum absolute atomic E-state index is 0.110. The van der Waals surface area contributed by atoms with E-state index in [1.807, 2.05) is 12.1 Å². The zero-order valence-electron chi connectivity index (χ0n) is 12.0. The van der Waals surface area contributed by atoms with Crippen molar-refractivity contribution in [3.8, 4) is 0 Å². The van der Waals surface area contributed by atoms with E-state index in [9.17, 15) is 4.79 Å². The number of thioether (sulfide) groups is 1. The van der Waals surface area contributed by atoms with Gasteiger partial charge in [-0.05, 0) is 29.3 Å². The molecule has 0 heterocycles. The molecule has 0 saturated carbocycles. The minimum Gasteiger partial charge on any atom is -0.468 e. The second-order valence-electron chi connectivity index (χ2n) is 4.78.